The van der Waals surface area contributed by atoms with Crippen LogP contribution in [0.5, 0.6) is 0 Å². The van der Waals surface area contributed by atoms with Crippen LogP contribution in [-0.2, 0) is 13.0 Å². The number of nitrogens with zero attached hydrogens (tertiary/aromatic N) is 2. The number of aromatic nitrogens is 2. The topological polar surface area (TPSA) is 51.0 Å². The van der Waals surface area contributed by atoms with E-state index in [0.29, 0.717) is 19.0 Å². The summed E-state index contributed by atoms with van der Waals surface area (Å²) in [6, 6.07) is 0. The molecule has 0 spiro atoms. The zero-order valence-electron chi connectivity index (χ0n) is 7.71. The minimum absolute atomic E-state index is 0.519. The second-order valence-electron chi connectivity index (χ2n) is 2.66. The third-order valence-electron chi connectivity index (χ3n) is 1.49. The molecule has 0 aliphatic rings. The van der Waals surface area contributed by atoms with Crippen molar-refractivity contribution < 1.29 is 4.52 Å². The predicted octanol–water partition coefficient (Wildman–Crippen LogP) is 0.745. The van der Waals surface area contributed by atoms with Crippen molar-refractivity contribution in [2.75, 3.05) is 6.54 Å². The van der Waals surface area contributed by atoms with Crippen molar-refractivity contribution in [2.45, 2.75) is 26.3 Å². The van der Waals surface area contributed by atoms with Crippen molar-refractivity contribution in [3.8, 4) is 12.3 Å². The molecule has 1 aromatic rings. The molecule has 0 unspecified atom stereocenters. The van der Waals surface area contributed by atoms with Crippen LogP contribution in [0.1, 0.15) is 25.1 Å². The lowest BCUT2D eigenvalue weighted by molar-refractivity contribution is 0.365. The molecule has 0 radical (unpaired) electrons. The highest BCUT2D eigenvalue weighted by molar-refractivity contribution is 4.89. The molecule has 1 rings (SSSR count). The Labute approximate surface area is 77.7 Å². The minimum atomic E-state index is 0.519. The standard InChI is InChI=1S/C9H13N3O/c1-3-5-8-11-9(13-12-8)7-10-6-4-2/h2,10H,3,5-7H2,1H3. The maximum atomic E-state index is 5.07. The zero-order chi connectivity index (χ0) is 9.52. The van der Waals surface area contributed by atoms with E-state index in [2.05, 4.69) is 28.3 Å². The zero-order valence-corrected chi connectivity index (χ0v) is 7.71. The molecule has 0 saturated carbocycles. The number of hydrogen-bond donors (Lipinski definition) is 1. The predicted molar refractivity (Wildman–Crippen MR) is 48.8 cm³/mol. The van der Waals surface area contributed by atoms with Gasteiger partial charge in [0.25, 0.3) is 0 Å². The van der Waals surface area contributed by atoms with Gasteiger partial charge in [0.1, 0.15) is 0 Å². The molecule has 0 aliphatic carbocycles. The summed E-state index contributed by atoms with van der Waals surface area (Å²) in [5, 5.41) is 6.78. The summed E-state index contributed by atoms with van der Waals surface area (Å²) in [4.78, 5) is 4.16. The molecule has 1 aromatic heterocycles. The lowest BCUT2D eigenvalue weighted by Crippen LogP contribution is -2.13. The molecule has 70 valence electrons. The van der Waals surface area contributed by atoms with Crippen LogP contribution in [0, 0.1) is 12.3 Å². The highest BCUT2D eigenvalue weighted by Gasteiger charge is 2.03. The summed E-state index contributed by atoms with van der Waals surface area (Å²) < 4.78 is 4.97. The molecular weight excluding hydrogens is 166 g/mol. The quantitative estimate of drug-likeness (QED) is 0.535. The van der Waals surface area contributed by atoms with E-state index >= 15 is 0 Å². The maximum Gasteiger partial charge on any atom is 0.240 e. The Hall–Kier alpha value is -1.34. The summed E-state index contributed by atoms with van der Waals surface area (Å²) >= 11 is 0. The van der Waals surface area contributed by atoms with Crippen LogP contribution in [0.2, 0.25) is 0 Å². The number of terminal acetylenes is 1. The Kier molecular flexibility index (Phi) is 4.00. The Morgan fingerprint density at radius 1 is 1.62 bits per heavy atom. The second-order valence-corrected chi connectivity index (χ2v) is 2.66. The number of nitrogens with one attached hydrogen (secondary N) is 1. The molecule has 0 bridgehead atoms. The van der Waals surface area contributed by atoms with Crippen LogP contribution < -0.4 is 5.32 Å². The van der Waals surface area contributed by atoms with Crippen molar-refractivity contribution in [1.29, 1.82) is 0 Å². The fraction of sp³-hybridized carbons (Fsp3) is 0.556. The van der Waals surface area contributed by atoms with Crippen molar-refractivity contribution in [1.82, 2.24) is 15.5 Å². The van der Waals surface area contributed by atoms with E-state index in [9.17, 15) is 0 Å². The van der Waals surface area contributed by atoms with Crippen molar-refractivity contribution >= 4 is 0 Å². The smallest absolute Gasteiger partial charge is 0.240 e. The first-order valence-electron chi connectivity index (χ1n) is 4.32. The Morgan fingerprint density at radius 3 is 3.15 bits per heavy atom. The number of aryl methyl sites for hydroxylation is 1. The largest absolute Gasteiger partial charge is 0.338 e. The van der Waals surface area contributed by atoms with Gasteiger partial charge in [-0.1, -0.05) is 18.0 Å². The Balaban J connectivity index is 2.36. The van der Waals surface area contributed by atoms with Gasteiger partial charge in [-0.25, -0.2) is 0 Å². The summed E-state index contributed by atoms with van der Waals surface area (Å²) in [7, 11) is 0. The van der Waals surface area contributed by atoms with Crippen LogP contribution in [0.3, 0.4) is 0 Å². The second kappa shape index (κ2) is 5.33. The van der Waals surface area contributed by atoms with E-state index in [4.69, 9.17) is 10.9 Å². The summed E-state index contributed by atoms with van der Waals surface area (Å²) in [5.41, 5.74) is 0. The van der Waals surface area contributed by atoms with E-state index in [1.165, 1.54) is 0 Å². The number of hydrogen-bond acceptors (Lipinski definition) is 4. The number of rotatable bonds is 5. The van der Waals surface area contributed by atoms with Gasteiger partial charge in [-0.2, -0.15) is 4.98 Å². The third-order valence-corrected chi connectivity index (χ3v) is 1.49. The van der Waals surface area contributed by atoms with E-state index in [-0.39, 0.29) is 0 Å². The monoisotopic (exact) mass is 179 g/mol. The molecule has 1 heterocycles. The van der Waals surface area contributed by atoms with Gasteiger partial charge < -0.3 is 4.52 Å². The maximum absolute atomic E-state index is 5.07. The van der Waals surface area contributed by atoms with Crippen molar-refractivity contribution in [3.63, 3.8) is 0 Å². The van der Waals surface area contributed by atoms with Gasteiger partial charge in [0.2, 0.25) is 5.89 Å². The van der Waals surface area contributed by atoms with Crippen molar-refractivity contribution in [2.24, 2.45) is 0 Å². The molecule has 1 N–H and O–H groups in total. The minimum Gasteiger partial charge on any atom is -0.338 e. The van der Waals surface area contributed by atoms with Gasteiger partial charge in [-0.3, -0.25) is 5.32 Å². The molecule has 0 saturated heterocycles. The van der Waals surface area contributed by atoms with Crippen LogP contribution in [0.4, 0.5) is 0 Å². The molecular formula is C9H13N3O. The van der Waals surface area contributed by atoms with Gasteiger partial charge >= 0.3 is 0 Å². The SMILES string of the molecule is C#CCNCc1nc(CCC)no1. The Bertz CT molecular complexity index is 287. The third kappa shape index (κ3) is 3.26. The summed E-state index contributed by atoms with van der Waals surface area (Å²) in [6.45, 7) is 3.14. The van der Waals surface area contributed by atoms with Crippen molar-refractivity contribution in [3.05, 3.63) is 11.7 Å². The van der Waals surface area contributed by atoms with Crippen LogP contribution in [0.25, 0.3) is 0 Å². The average molecular weight is 179 g/mol. The van der Waals surface area contributed by atoms with Gasteiger partial charge in [0, 0.05) is 6.42 Å². The lowest BCUT2D eigenvalue weighted by atomic mass is 10.3. The first-order chi connectivity index (χ1) is 6.36. The fourth-order valence-corrected chi connectivity index (χ4v) is 0.929. The molecule has 4 nitrogen and oxygen atoms in total. The molecule has 13 heavy (non-hydrogen) atoms. The van der Waals surface area contributed by atoms with E-state index < -0.39 is 0 Å². The van der Waals surface area contributed by atoms with E-state index in [1.54, 1.807) is 0 Å². The molecule has 0 fully saturated rings. The summed E-state index contributed by atoms with van der Waals surface area (Å²) in [5.74, 6) is 3.83. The van der Waals surface area contributed by atoms with Gasteiger partial charge in [-0.05, 0) is 6.42 Å². The molecule has 0 aliphatic heterocycles. The molecule has 4 heteroatoms. The van der Waals surface area contributed by atoms with E-state index in [1.807, 2.05) is 0 Å². The van der Waals surface area contributed by atoms with Gasteiger partial charge in [-0.15, -0.1) is 6.42 Å². The molecule has 0 amide bonds. The lowest BCUT2D eigenvalue weighted by Gasteiger charge is -1.91. The first kappa shape index (κ1) is 9.75. The Morgan fingerprint density at radius 2 is 2.46 bits per heavy atom. The van der Waals surface area contributed by atoms with Crippen LogP contribution in [0.15, 0.2) is 4.52 Å². The first-order valence-corrected chi connectivity index (χ1v) is 4.32. The van der Waals surface area contributed by atoms with E-state index in [0.717, 1.165) is 18.7 Å². The van der Waals surface area contributed by atoms with Gasteiger partial charge in [0.15, 0.2) is 5.82 Å². The van der Waals surface area contributed by atoms with Gasteiger partial charge in [0.05, 0.1) is 13.1 Å². The molecule has 0 aromatic carbocycles. The molecule has 0 atom stereocenters. The normalized spacial score (nSPS) is 9.85. The van der Waals surface area contributed by atoms with Crippen LogP contribution in [-0.4, -0.2) is 16.7 Å². The highest BCUT2D eigenvalue weighted by atomic mass is 16.5. The highest BCUT2D eigenvalue weighted by Crippen LogP contribution is 1.99. The fourth-order valence-electron chi connectivity index (χ4n) is 0.929. The average Bonchev–Trinajstić information content (AvgIpc) is 2.54. The summed E-state index contributed by atoms with van der Waals surface area (Å²) in [6.07, 6.45) is 6.95. The van der Waals surface area contributed by atoms with Crippen LogP contribution >= 0.6 is 0 Å².